The van der Waals surface area contributed by atoms with Gasteiger partial charge in [-0.3, -0.25) is 9.78 Å². The van der Waals surface area contributed by atoms with E-state index in [-0.39, 0.29) is 11.9 Å². The van der Waals surface area contributed by atoms with Gasteiger partial charge in [-0.2, -0.15) is 5.10 Å². The van der Waals surface area contributed by atoms with Crippen molar-refractivity contribution in [2.75, 3.05) is 0 Å². The highest BCUT2D eigenvalue weighted by Crippen LogP contribution is 2.35. The van der Waals surface area contributed by atoms with Gasteiger partial charge in [-0.15, -0.1) is 11.3 Å². The number of rotatable bonds is 3. The number of pyridine rings is 1. The molecule has 1 unspecified atom stereocenters. The molecule has 3 heterocycles. The lowest BCUT2D eigenvalue weighted by molar-refractivity contribution is -0.132. The summed E-state index contributed by atoms with van der Waals surface area (Å²) in [5.74, 6) is 0.0539. The molecular formula is C18H21N3OS. The van der Waals surface area contributed by atoms with Crippen LogP contribution in [0.4, 0.5) is 0 Å². The third-order valence-electron chi connectivity index (χ3n) is 4.13. The Bertz CT molecular complexity index is 778. The minimum absolute atomic E-state index is 0.0482. The van der Waals surface area contributed by atoms with Crippen LogP contribution in [0.3, 0.4) is 0 Å². The maximum Gasteiger partial charge on any atom is 0.242 e. The lowest BCUT2D eigenvalue weighted by Crippen LogP contribution is -2.26. The van der Waals surface area contributed by atoms with E-state index in [2.05, 4.69) is 41.4 Å². The number of hydrazone groups is 1. The number of carbonyl (C=O) groups is 1. The Labute approximate surface area is 140 Å². The number of carbonyl (C=O) groups excluding carboxylic acids is 1. The van der Waals surface area contributed by atoms with Crippen LogP contribution in [0.2, 0.25) is 0 Å². The molecule has 1 amide bonds. The molecule has 0 aliphatic carbocycles. The van der Waals surface area contributed by atoms with Gasteiger partial charge in [0, 0.05) is 24.7 Å². The van der Waals surface area contributed by atoms with Gasteiger partial charge in [0.1, 0.15) is 0 Å². The first-order chi connectivity index (χ1) is 11.0. The molecule has 0 saturated carbocycles. The van der Waals surface area contributed by atoms with Crippen molar-refractivity contribution in [1.29, 1.82) is 0 Å². The molecule has 2 aromatic rings. The van der Waals surface area contributed by atoms with Crippen LogP contribution < -0.4 is 0 Å². The van der Waals surface area contributed by atoms with Gasteiger partial charge in [-0.25, -0.2) is 5.01 Å². The van der Waals surface area contributed by atoms with Crippen molar-refractivity contribution in [1.82, 2.24) is 9.99 Å². The standard InChI is InChI=1S/C18H21N3OS/c1-5-18(22)21-16(14-9-19-13(4)7-12(14)3)8-15(20-21)17-6-11(2)10-23-17/h6-7,9-10,16H,5,8H2,1-4H3. The predicted octanol–water partition coefficient (Wildman–Crippen LogP) is 4.16. The third kappa shape index (κ3) is 3.06. The van der Waals surface area contributed by atoms with Crippen LogP contribution in [-0.4, -0.2) is 21.6 Å². The van der Waals surface area contributed by atoms with E-state index in [1.165, 1.54) is 5.56 Å². The fraction of sp³-hybridized carbons (Fsp3) is 0.389. The van der Waals surface area contributed by atoms with E-state index in [0.717, 1.165) is 33.8 Å². The van der Waals surface area contributed by atoms with Crippen molar-refractivity contribution < 1.29 is 4.79 Å². The first-order valence-corrected chi connectivity index (χ1v) is 8.75. The number of hydrogen-bond acceptors (Lipinski definition) is 4. The maximum absolute atomic E-state index is 12.4. The van der Waals surface area contributed by atoms with Crippen LogP contribution in [0, 0.1) is 20.8 Å². The summed E-state index contributed by atoms with van der Waals surface area (Å²) < 4.78 is 0. The van der Waals surface area contributed by atoms with Crippen molar-refractivity contribution in [2.24, 2.45) is 5.10 Å². The average molecular weight is 327 g/mol. The first kappa shape index (κ1) is 15.9. The summed E-state index contributed by atoms with van der Waals surface area (Å²) in [6.45, 7) is 8.01. The van der Waals surface area contributed by atoms with Crippen molar-refractivity contribution in [2.45, 2.75) is 46.6 Å². The van der Waals surface area contributed by atoms with Crippen molar-refractivity contribution in [3.05, 3.63) is 51.0 Å². The molecular weight excluding hydrogens is 306 g/mol. The number of thiophene rings is 1. The van der Waals surface area contributed by atoms with Crippen molar-refractivity contribution in [3.8, 4) is 0 Å². The molecule has 1 aliphatic heterocycles. The highest BCUT2D eigenvalue weighted by molar-refractivity contribution is 7.12. The number of nitrogens with zero attached hydrogens (tertiary/aromatic N) is 3. The Morgan fingerprint density at radius 3 is 2.74 bits per heavy atom. The Morgan fingerprint density at radius 1 is 1.35 bits per heavy atom. The van der Waals surface area contributed by atoms with Gasteiger partial charge in [-0.05, 0) is 55.0 Å². The molecule has 0 fully saturated rings. The van der Waals surface area contributed by atoms with Crippen LogP contribution in [0.5, 0.6) is 0 Å². The lowest BCUT2D eigenvalue weighted by Gasteiger charge is -2.22. The third-order valence-corrected chi connectivity index (χ3v) is 5.23. The molecule has 1 atom stereocenters. The van der Waals surface area contributed by atoms with Crippen molar-refractivity contribution >= 4 is 23.0 Å². The first-order valence-electron chi connectivity index (χ1n) is 7.87. The fourth-order valence-corrected chi connectivity index (χ4v) is 3.83. The van der Waals surface area contributed by atoms with Gasteiger partial charge in [0.15, 0.2) is 0 Å². The summed E-state index contributed by atoms with van der Waals surface area (Å²) in [5.41, 5.74) is 5.47. The molecule has 0 spiro atoms. The molecule has 5 heteroatoms. The second-order valence-corrected chi connectivity index (χ2v) is 6.94. The topological polar surface area (TPSA) is 45.6 Å². The van der Waals surface area contributed by atoms with Gasteiger partial charge in [0.05, 0.1) is 16.6 Å². The summed E-state index contributed by atoms with van der Waals surface area (Å²) in [5, 5.41) is 8.42. The summed E-state index contributed by atoms with van der Waals surface area (Å²) in [6, 6.07) is 4.16. The predicted molar refractivity (Wildman–Crippen MR) is 93.8 cm³/mol. The van der Waals surface area contributed by atoms with Gasteiger partial charge >= 0.3 is 0 Å². The molecule has 0 radical (unpaired) electrons. The lowest BCUT2D eigenvalue weighted by atomic mass is 9.98. The van der Waals surface area contributed by atoms with E-state index in [1.54, 1.807) is 16.3 Å². The van der Waals surface area contributed by atoms with Gasteiger partial charge in [0.2, 0.25) is 5.91 Å². The molecule has 2 aromatic heterocycles. The SMILES string of the molecule is CCC(=O)N1N=C(c2cc(C)cs2)CC1c1cnc(C)cc1C. The second kappa shape index (κ2) is 6.24. The Kier molecular flexibility index (Phi) is 4.31. The Hall–Kier alpha value is -2.01. The van der Waals surface area contributed by atoms with Gasteiger partial charge < -0.3 is 0 Å². The van der Waals surface area contributed by atoms with E-state index >= 15 is 0 Å². The summed E-state index contributed by atoms with van der Waals surface area (Å²) in [4.78, 5) is 17.9. The van der Waals surface area contributed by atoms with E-state index in [1.807, 2.05) is 20.0 Å². The highest BCUT2D eigenvalue weighted by atomic mass is 32.1. The molecule has 120 valence electrons. The molecule has 0 N–H and O–H groups in total. The minimum atomic E-state index is -0.0482. The highest BCUT2D eigenvalue weighted by Gasteiger charge is 2.33. The summed E-state index contributed by atoms with van der Waals surface area (Å²) in [6.07, 6.45) is 3.09. The number of aromatic nitrogens is 1. The number of amides is 1. The zero-order chi connectivity index (χ0) is 16.6. The summed E-state index contributed by atoms with van der Waals surface area (Å²) in [7, 11) is 0. The molecule has 0 bridgehead atoms. The van der Waals surface area contributed by atoms with E-state index in [0.29, 0.717) is 6.42 Å². The van der Waals surface area contributed by atoms with E-state index < -0.39 is 0 Å². The molecule has 0 aromatic carbocycles. The summed E-state index contributed by atoms with van der Waals surface area (Å²) >= 11 is 1.69. The molecule has 4 nitrogen and oxygen atoms in total. The van der Waals surface area contributed by atoms with Crippen LogP contribution in [0.25, 0.3) is 0 Å². The monoisotopic (exact) mass is 327 g/mol. The van der Waals surface area contributed by atoms with Crippen LogP contribution in [-0.2, 0) is 4.79 Å². The smallest absolute Gasteiger partial charge is 0.242 e. The second-order valence-electron chi connectivity index (χ2n) is 6.03. The zero-order valence-electron chi connectivity index (χ0n) is 14.0. The fourth-order valence-electron chi connectivity index (χ4n) is 2.93. The average Bonchev–Trinajstić information content (AvgIpc) is 3.13. The van der Waals surface area contributed by atoms with Crippen molar-refractivity contribution in [3.63, 3.8) is 0 Å². The minimum Gasteiger partial charge on any atom is -0.273 e. The molecule has 0 saturated heterocycles. The van der Waals surface area contributed by atoms with E-state index in [4.69, 9.17) is 0 Å². The van der Waals surface area contributed by atoms with Gasteiger partial charge in [0.25, 0.3) is 0 Å². The Balaban J connectivity index is 1.98. The number of aryl methyl sites for hydroxylation is 3. The van der Waals surface area contributed by atoms with Crippen LogP contribution >= 0.6 is 11.3 Å². The Morgan fingerprint density at radius 2 is 2.13 bits per heavy atom. The maximum atomic E-state index is 12.4. The number of hydrogen-bond donors (Lipinski definition) is 0. The van der Waals surface area contributed by atoms with Gasteiger partial charge in [-0.1, -0.05) is 6.92 Å². The molecule has 3 rings (SSSR count). The quantitative estimate of drug-likeness (QED) is 0.850. The molecule has 23 heavy (non-hydrogen) atoms. The molecule has 1 aliphatic rings. The largest absolute Gasteiger partial charge is 0.273 e. The normalized spacial score (nSPS) is 17.5. The van der Waals surface area contributed by atoms with Crippen LogP contribution in [0.15, 0.2) is 28.8 Å². The van der Waals surface area contributed by atoms with E-state index in [9.17, 15) is 4.79 Å². The van der Waals surface area contributed by atoms with Crippen LogP contribution in [0.1, 0.15) is 53.1 Å². The zero-order valence-corrected chi connectivity index (χ0v) is 14.8.